The number of carbonyl (C=O) groups excluding carboxylic acids is 1. The molecule has 1 aromatic heterocycles. The van der Waals surface area contributed by atoms with Gasteiger partial charge in [-0.2, -0.15) is 0 Å². The SMILES string of the molecule is COC(=O)CCn1c(SCc2cc(Cl)ccc2OC)nc2ccccc2c1=O. The minimum atomic E-state index is -0.382. The standard InChI is InChI=1S/C20H19ClN2O4S/c1-26-17-8-7-14(21)11-13(17)12-28-20-22-16-6-4-3-5-15(16)19(25)23(20)10-9-18(24)27-2/h3-8,11H,9-10,12H2,1-2H3. The van der Waals surface area contributed by atoms with Crippen LogP contribution in [0.1, 0.15) is 12.0 Å². The van der Waals surface area contributed by atoms with Gasteiger partial charge in [0.05, 0.1) is 31.5 Å². The number of thioether (sulfide) groups is 1. The third-order valence-corrected chi connectivity index (χ3v) is 5.45. The summed E-state index contributed by atoms with van der Waals surface area (Å²) in [4.78, 5) is 29.2. The fraction of sp³-hybridized carbons (Fsp3) is 0.250. The molecule has 0 amide bonds. The first-order chi connectivity index (χ1) is 13.5. The first-order valence-electron chi connectivity index (χ1n) is 8.55. The van der Waals surface area contributed by atoms with Crippen molar-refractivity contribution in [1.82, 2.24) is 9.55 Å². The van der Waals surface area contributed by atoms with E-state index >= 15 is 0 Å². The molecule has 8 heteroatoms. The van der Waals surface area contributed by atoms with Crippen molar-refractivity contribution >= 4 is 40.2 Å². The maximum atomic E-state index is 13.0. The highest BCUT2D eigenvalue weighted by Gasteiger charge is 2.14. The fourth-order valence-corrected chi connectivity index (χ4v) is 3.96. The van der Waals surface area contributed by atoms with Gasteiger partial charge in [0.25, 0.3) is 5.56 Å². The van der Waals surface area contributed by atoms with E-state index in [2.05, 4.69) is 4.98 Å². The van der Waals surface area contributed by atoms with Gasteiger partial charge in [-0.05, 0) is 30.3 Å². The number of ether oxygens (including phenoxy) is 2. The number of fused-ring (bicyclic) bond motifs is 1. The first kappa shape index (κ1) is 20.2. The van der Waals surface area contributed by atoms with Crippen molar-refractivity contribution < 1.29 is 14.3 Å². The lowest BCUT2D eigenvalue weighted by molar-refractivity contribution is -0.140. The Balaban J connectivity index is 1.97. The summed E-state index contributed by atoms with van der Waals surface area (Å²) in [7, 11) is 2.92. The van der Waals surface area contributed by atoms with E-state index in [9.17, 15) is 9.59 Å². The molecule has 0 N–H and O–H groups in total. The quantitative estimate of drug-likeness (QED) is 0.329. The van der Waals surface area contributed by atoms with Crippen LogP contribution in [0.5, 0.6) is 5.75 Å². The summed E-state index contributed by atoms with van der Waals surface area (Å²) >= 11 is 7.49. The zero-order valence-electron chi connectivity index (χ0n) is 15.5. The topological polar surface area (TPSA) is 70.4 Å². The number of esters is 1. The predicted molar refractivity (Wildman–Crippen MR) is 110 cm³/mol. The van der Waals surface area contributed by atoms with Crippen LogP contribution in [0.2, 0.25) is 5.02 Å². The summed E-state index contributed by atoms with van der Waals surface area (Å²) in [6.45, 7) is 0.193. The van der Waals surface area contributed by atoms with Crippen molar-refractivity contribution in [3.05, 3.63) is 63.4 Å². The van der Waals surface area contributed by atoms with E-state index in [1.54, 1.807) is 37.4 Å². The highest BCUT2D eigenvalue weighted by atomic mass is 35.5. The number of halogens is 1. The fourth-order valence-electron chi connectivity index (χ4n) is 2.76. The van der Waals surface area contributed by atoms with Crippen molar-refractivity contribution in [2.24, 2.45) is 0 Å². The van der Waals surface area contributed by atoms with Crippen LogP contribution >= 0.6 is 23.4 Å². The Hall–Kier alpha value is -2.51. The van der Waals surface area contributed by atoms with Gasteiger partial charge in [0.1, 0.15) is 5.75 Å². The average molecular weight is 419 g/mol. The second kappa shape index (κ2) is 9.12. The summed E-state index contributed by atoms with van der Waals surface area (Å²) in [6.07, 6.45) is 0.0878. The molecule has 28 heavy (non-hydrogen) atoms. The van der Waals surface area contributed by atoms with Crippen LogP contribution in [0.3, 0.4) is 0 Å². The Labute approximate surface area is 171 Å². The molecule has 0 saturated heterocycles. The lowest BCUT2D eigenvalue weighted by Gasteiger charge is -2.14. The molecule has 0 bridgehead atoms. The number of carbonyl (C=O) groups is 1. The van der Waals surface area contributed by atoms with Gasteiger partial charge < -0.3 is 9.47 Å². The van der Waals surface area contributed by atoms with Crippen molar-refractivity contribution in [1.29, 1.82) is 0 Å². The van der Waals surface area contributed by atoms with E-state index in [1.807, 2.05) is 12.1 Å². The molecule has 0 aliphatic heterocycles. The highest BCUT2D eigenvalue weighted by molar-refractivity contribution is 7.98. The summed E-state index contributed by atoms with van der Waals surface area (Å²) in [5, 5.41) is 1.64. The number of aromatic nitrogens is 2. The smallest absolute Gasteiger partial charge is 0.307 e. The van der Waals surface area contributed by atoms with Gasteiger partial charge in [-0.25, -0.2) is 4.98 Å². The molecule has 0 atom stereocenters. The normalized spacial score (nSPS) is 10.8. The van der Waals surface area contributed by atoms with Crippen LogP contribution in [0.25, 0.3) is 10.9 Å². The summed E-state index contributed by atoms with van der Waals surface area (Å²) < 4.78 is 11.6. The predicted octanol–water partition coefficient (Wildman–Crippen LogP) is 3.91. The van der Waals surface area contributed by atoms with E-state index < -0.39 is 0 Å². The van der Waals surface area contributed by atoms with Crippen LogP contribution in [-0.2, 0) is 21.8 Å². The van der Waals surface area contributed by atoms with E-state index in [0.29, 0.717) is 32.6 Å². The monoisotopic (exact) mass is 418 g/mol. The van der Waals surface area contributed by atoms with Gasteiger partial charge in [-0.1, -0.05) is 35.5 Å². The molecule has 3 rings (SSSR count). The van der Waals surface area contributed by atoms with Crippen molar-refractivity contribution in [2.45, 2.75) is 23.9 Å². The maximum absolute atomic E-state index is 13.0. The van der Waals surface area contributed by atoms with Crippen LogP contribution < -0.4 is 10.3 Å². The number of rotatable bonds is 7. The number of nitrogens with zero attached hydrogens (tertiary/aromatic N) is 2. The van der Waals surface area contributed by atoms with Crippen LogP contribution in [-0.4, -0.2) is 29.7 Å². The van der Waals surface area contributed by atoms with Crippen LogP contribution in [0, 0.1) is 0 Å². The lowest BCUT2D eigenvalue weighted by Crippen LogP contribution is -2.24. The molecule has 146 valence electrons. The Kier molecular flexibility index (Phi) is 6.59. The van der Waals surface area contributed by atoms with E-state index in [-0.39, 0.29) is 24.5 Å². The Bertz CT molecular complexity index is 1070. The van der Waals surface area contributed by atoms with Gasteiger partial charge in [0, 0.05) is 22.9 Å². The van der Waals surface area contributed by atoms with E-state index in [1.165, 1.54) is 23.4 Å². The molecule has 0 radical (unpaired) electrons. The minimum absolute atomic E-state index is 0.0878. The minimum Gasteiger partial charge on any atom is -0.496 e. The van der Waals surface area contributed by atoms with Crippen molar-refractivity contribution in [2.75, 3.05) is 14.2 Å². The maximum Gasteiger partial charge on any atom is 0.307 e. The molecule has 0 aliphatic rings. The Morgan fingerprint density at radius 2 is 2.00 bits per heavy atom. The number of methoxy groups -OCH3 is 2. The molecule has 3 aromatic rings. The largest absolute Gasteiger partial charge is 0.496 e. The summed E-state index contributed by atoms with van der Waals surface area (Å²) in [5.41, 5.74) is 1.32. The molecular weight excluding hydrogens is 400 g/mol. The van der Waals surface area contributed by atoms with Crippen LogP contribution in [0.4, 0.5) is 0 Å². The second-order valence-corrected chi connectivity index (χ2v) is 7.32. The first-order valence-corrected chi connectivity index (χ1v) is 9.91. The molecule has 2 aromatic carbocycles. The molecular formula is C20H19ClN2O4S. The third-order valence-electron chi connectivity index (χ3n) is 4.19. The molecule has 0 unspecified atom stereocenters. The van der Waals surface area contributed by atoms with Gasteiger partial charge >= 0.3 is 5.97 Å². The van der Waals surface area contributed by atoms with Gasteiger partial charge in [-0.3, -0.25) is 14.2 Å². The molecule has 0 saturated carbocycles. The number of hydrogen-bond acceptors (Lipinski definition) is 6. The zero-order chi connectivity index (χ0) is 20.1. The lowest BCUT2D eigenvalue weighted by atomic mass is 10.2. The molecule has 0 spiro atoms. The number of benzene rings is 2. The number of hydrogen-bond donors (Lipinski definition) is 0. The van der Waals surface area contributed by atoms with Gasteiger partial charge in [0.15, 0.2) is 5.16 Å². The molecule has 0 aliphatic carbocycles. The summed E-state index contributed by atoms with van der Waals surface area (Å²) in [6, 6.07) is 12.5. The molecule has 6 nitrogen and oxygen atoms in total. The average Bonchev–Trinajstić information content (AvgIpc) is 2.71. The van der Waals surface area contributed by atoms with Crippen molar-refractivity contribution in [3.8, 4) is 5.75 Å². The van der Waals surface area contributed by atoms with E-state index in [0.717, 1.165) is 5.56 Å². The third kappa shape index (κ3) is 4.48. The van der Waals surface area contributed by atoms with Gasteiger partial charge in [-0.15, -0.1) is 0 Å². The zero-order valence-corrected chi connectivity index (χ0v) is 17.0. The molecule has 1 heterocycles. The Morgan fingerprint density at radius 3 is 2.75 bits per heavy atom. The van der Waals surface area contributed by atoms with Crippen LogP contribution in [0.15, 0.2) is 52.4 Å². The Morgan fingerprint density at radius 1 is 1.21 bits per heavy atom. The van der Waals surface area contributed by atoms with Gasteiger partial charge in [0.2, 0.25) is 0 Å². The summed E-state index contributed by atoms with van der Waals surface area (Å²) in [5.74, 6) is 0.834. The second-order valence-electron chi connectivity index (χ2n) is 5.94. The van der Waals surface area contributed by atoms with Crippen molar-refractivity contribution in [3.63, 3.8) is 0 Å². The highest BCUT2D eigenvalue weighted by Crippen LogP contribution is 2.29. The van der Waals surface area contributed by atoms with E-state index in [4.69, 9.17) is 21.1 Å². The molecule has 0 fully saturated rings. The number of para-hydroxylation sites is 1.